The highest BCUT2D eigenvalue weighted by Gasteiger charge is 2.33. The summed E-state index contributed by atoms with van der Waals surface area (Å²) in [5, 5.41) is 9.46. The van der Waals surface area contributed by atoms with E-state index >= 15 is 0 Å². The molecule has 2 aliphatic rings. The van der Waals surface area contributed by atoms with Crippen molar-refractivity contribution in [1.29, 1.82) is 0 Å². The third kappa shape index (κ3) is 8.23. The Morgan fingerprint density at radius 2 is 2.00 bits per heavy atom. The smallest absolute Gasteiger partial charge is 0.306 e. The SMILES string of the molecule is CC(=O)OC/C(=C\C[C@H]1OC(=O)CC1CO)CC/C=C(\C)CCC1=C(C)CCCC1(C)C. The molecule has 5 heteroatoms. The van der Waals surface area contributed by atoms with E-state index in [4.69, 9.17) is 9.47 Å². The molecule has 0 amide bonds. The summed E-state index contributed by atoms with van der Waals surface area (Å²) in [4.78, 5) is 22.8. The number of aliphatic hydroxyl groups excluding tert-OH is 1. The Balaban J connectivity index is 1.91. The number of allylic oxidation sites excluding steroid dienone is 4. The first-order valence-electron chi connectivity index (χ1n) is 12.1. The third-order valence-corrected chi connectivity index (χ3v) is 6.98. The minimum absolute atomic E-state index is 0.0574. The summed E-state index contributed by atoms with van der Waals surface area (Å²) in [5.74, 6) is -0.714. The van der Waals surface area contributed by atoms with Gasteiger partial charge in [-0.2, -0.15) is 0 Å². The van der Waals surface area contributed by atoms with Crippen LogP contribution in [-0.4, -0.2) is 36.4 Å². The van der Waals surface area contributed by atoms with Crippen LogP contribution in [0.4, 0.5) is 0 Å². The lowest BCUT2D eigenvalue weighted by Gasteiger charge is -2.35. The second kappa shape index (κ2) is 12.4. The number of hydrogen-bond donors (Lipinski definition) is 1. The van der Waals surface area contributed by atoms with Gasteiger partial charge in [0.25, 0.3) is 0 Å². The molecule has 1 heterocycles. The van der Waals surface area contributed by atoms with E-state index in [1.165, 1.54) is 31.8 Å². The highest BCUT2D eigenvalue weighted by molar-refractivity contribution is 5.72. The van der Waals surface area contributed by atoms with E-state index in [0.717, 1.165) is 31.3 Å². The van der Waals surface area contributed by atoms with Crippen LogP contribution in [0, 0.1) is 11.3 Å². The van der Waals surface area contributed by atoms with E-state index in [9.17, 15) is 14.7 Å². The van der Waals surface area contributed by atoms with Crippen LogP contribution >= 0.6 is 0 Å². The van der Waals surface area contributed by atoms with Crippen LogP contribution in [0.1, 0.15) is 92.4 Å². The lowest BCUT2D eigenvalue weighted by atomic mass is 9.71. The summed E-state index contributed by atoms with van der Waals surface area (Å²) in [6.45, 7) is 10.9. The topological polar surface area (TPSA) is 72.8 Å². The first-order chi connectivity index (χ1) is 15.1. The molecule has 1 saturated heterocycles. The van der Waals surface area contributed by atoms with Crippen molar-refractivity contribution in [2.75, 3.05) is 13.2 Å². The number of hydrogen-bond acceptors (Lipinski definition) is 5. The largest absolute Gasteiger partial charge is 0.462 e. The maximum absolute atomic E-state index is 11.5. The van der Waals surface area contributed by atoms with Gasteiger partial charge in [-0.05, 0) is 69.8 Å². The highest BCUT2D eigenvalue weighted by Crippen LogP contribution is 2.42. The Bertz CT molecular complexity index is 756. The predicted molar refractivity (Wildman–Crippen MR) is 127 cm³/mol. The second-order valence-electron chi connectivity index (χ2n) is 10.1. The Morgan fingerprint density at radius 1 is 1.25 bits per heavy atom. The number of carbonyl (C=O) groups is 2. The molecule has 0 aromatic heterocycles. The van der Waals surface area contributed by atoms with E-state index in [2.05, 4.69) is 33.8 Å². The molecule has 2 atom stereocenters. The molecule has 0 radical (unpaired) electrons. The molecule has 1 aliphatic heterocycles. The second-order valence-corrected chi connectivity index (χ2v) is 10.1. The first-order valence-corrected chi connectivity index (χ1v) is 12.1. The summed E-state index contributed by atoms with van der Waals surface area (Å²) in [6.07, 6.45) is 12.5. The van der Waals surface area contributed by atoms with E-state index < -0.39 is 0 Å². The zero-order valence-electron chi connectivity index (χ0n) is 20.7. The minimum atomic E-state index is -0.304. The lowest BCUT2D eigenvalue weighted by Crippen LogP contribution is -2.20. The number of ether oxygens (including phenoxy) is 2. The van der Waals surface area contributed by atoms with Crippen molar-refractivity contribution in [1.82, 2.24) is 0 Å². The Hall–Kier alpha value is -1.88. The quantitative estimate of drug-likeness (QED) is 0.320. The zero-order chi connectivity index (χ0) is 23.7. The van der Waals surface area contributed by atoms with Crippen LogP contribution in [0.5, 0.6) is 0 Å². The minimum Gasteiger partial charge on any atom is -0.462 e. The van der Waals surface area contributed by atoms with Gasteiger partial charge in [0.2, 0.25) is 0 Å². The summed E-state index contributed by atoms with van der Waals surface area (Å²) in [7, 11) is 0. The fourth-order valence-corrected chi connectivity index (χ4v) is 4.95. The molecule has 1 unspecified atom stereocenters. The Labute approximate surface area is 193 Å². The molecule has 1 N–H and O–H groups in total. The van der Waals surface area contributed by atoms with Gasteiger partial charge in [0.05, 0.1) is 6.42 Å². The molecular weight excluding hydrogens is 404 g/mol. The fraction of sp³-hybridized carbons (Fsp3) is 0.704. The Kier molecular flexibility index (Phi) is 10.2. The number of esters is 2. The number of rotatable bonds is 11. The van der Waals surface area contributed by atoms with Crippen LogP contribution in [0.15, 0.2) is 34.4 Å². The molecule has 180 valence electrons. The van der Waals surface area contributed by atoms with Crippen LogP contribution in [-0.2, 0) is 19.1 Å². The molecule has 1 fully saturated rings. The maximum atomic E-state index is 11.5. The molecule has 0 bridgehead atoms. The lowest BCUT2D eigenvalue weighted by molar-refractivity contribution is -0.141. The van der Waals surface area contributed by atoms with Crippen molar-refractivity contribution < 1.29 is 24.2 Å². The normalized spacial score (nSPS) is 24.0. The predicted octanol–water partition coefficient (Wildman–Crippen LogP) is 5.82. The van der Waals surface area contributed by atoms with Crippen molar-refractivity contribution in [2.24, 2.45) is 11.3 Å². The van der Waals surface area contributed by atoms with E-state index in [0.29, 0.717) is 11.8 Å². The van der Waals surface area contributed by atoms with Crippen molar-refractivity contribution in [3.8, 4) is 0 Å². The first kappa shape index (κ1) is 26.4. The third-order valence-electron chi connectivity index (χ3n) is 6.98. The van der Waals surface area contributed by atoms with E-state index in [-0.39, 0.29) is 43.6 Å². The molecule has 2 rings (SSSR count). The molecule has 0 spiro atoms. The van der Waals surface area contributed by atoms with Crippen LogP contribution in [0.2, 0.25) is 0 Å². The standard InChI is InChI=1S/C27H42O5/c1-19(11-13-24-20(2)9-7-15-27(24,4)5)8-6-10-22(18-31-21(3)29)12-14-25-23(17-28)16-26(30)32-25/h8,12,23,25,28H,6-7,9-11,13-18H2,1-5H3/b19-8+,22-12-/t23?,25-/m1/s1. The Morgan fingerprint density at radius 3 is 2.66 bits per heavy atom. The van der Waals surface area contributed by atoms with Crippen LogP contribution < -0.4 is 0 Å². The fourth-order valence-electron chi connectivity index (χ4n) is 4.95. The molecule has 0 aromatic carbocycles. The molecule has 1 aliphatic carbocycles. The van der Waals surface area contributed by atoms with Crippen LogP contribution in [0.3, 0.4) is 0 Å². The average molecular weight is 447 g/mol. The van der Waals surface area contributed by atoms with Crippen molar-refractivity contribution >= 4 is 11.9 Å². The number of cyclic esters (lactones) is 1. The number of carbonyl (C=O) groups excluding carboxylic acids is 2. The monoisotopic (exact) mass is 446 g/mol. The maximum Gasteiger partial charge on any atom is 0.306 e. The summed E-state index contributed by atoms with van der Waals surface area (Å²) < 4.78 is 10.6. The molecule has 0 aromatic rings. The van der Waals surface area contributed by atoms with Gasteiger partial charge in [-0.1, -0.05) is 42.7 Å². The summed E-state index contributed by atoms with van der Waals surface area (Å²) in [6, 6.07) is 0. The number of aliphatic hydroxyl groups is 1. The van der Waals surface area contributed by atoms with Gasteiger partial charge in [-0.15, -0.1) is 0 Å². The highest BCUT2D eigenvalue weighted by atomic mass is 16.6. The van der Waals surface area contributed by atoms with Gasteiger partial charge in [0.15, 0.2) is 0 Å². The summed E-state index contributed by atoms with van der Waals surface area (Å²) in [5.41, 5.74) is 5.95. The van der Waals surface area contributed by atoms with Crippen molar-refractivity contribution in [2.45, 2.75) is 98.5 Å². The van der Waals surface area contributed by atoms with Gasteiger partial charge in [0.1, 0.15) is 12.7 Å². The van der Waals surface area contributed by atoms with Gasteiger partial charge in [-0.3, -0.25) is 9.59 Å². The zero-order valence-corrected chi connectivity index (χ0v) is 20.7. The van der Waals surface area contributed by atoms with Gasteiger partial charge < -0.3 is 14.6 Å². The summed E-state index contributed by atoms with van der Waals surface area (Å²) >= 11 is 0. The van der Waals surface area contributed by atoms with Crippen molar-refractivity contribution in [3.05, 3.63) is 34.4 Å². The molecule has 5 nitrogen and oxygen atoms in total. The van der Waals surface area contributed by atoms with E-state index in [1.54, 1.807) is 11.1 Å². The van der Waals surface area contributed by atoms with Gasteiger partial charge in [0, 0.05) is 25.9 Å². The average Bonchev–Trinajstić information content (AvgIpc) is 3.08. The van der Waals surface area contributed by atoms with Gasteiger partial charge in [-0.25, -0.2) is 0 Å². The van der Waals surface area contributed by atoms with E-state index in [1.807, 2.05) is 6.08 Å². The van der Waals surface area contributed by atoms with Crippen molar-refractivity contribution in [3.63, 3.8) is 0 Å². The van der Waals surface area contributed by atoms with Crippen LogP contribution in [0.25, 0.3) is 0 Å². The van der Waals surface area contributed by atoms with Gasteiger partial charge >= 0.3 is 11.9 Å². The molecular formula is C27H42O5. The molecule has 0 saturated carbocycles. The molecule has 32 heavy (non-hydrogen) atoms.